The van der Waals surface area contributed by atoms with Crippen molar-refractivity contribution >= 4 is 17.7 Å². The minimum atomic E-state index is -0.494. The Morgan fingerprint density at radius 2 is 2.00 bits per heavy atom. The van der Waals surface area contributed by atoms with Gasteiger partial charge in [-0.25, -0.2) is 9.38 Å². The Bertz CT molecular complexity index is 876. The molecule has 2 aromatic rings. The van der Waals surface area contributed by atoms with Crippen LogP contribution in [0.4, 0.5) is 4.39 Å². The normalized spacial score (nSPS) is 15.4. The lowest BCUT2D eigenvalue weighted by Crippen LogP contribution is -2.45. The van der Waals surface area contributed by atoms with E-state index in [1.165, 1.54) is 17.2 Å². The van der Waals surface area contributed by atoms with Crippen LogP contribution in [0.1, 0.15) is 29.2 Å². The monoisotopic (exact) mass is 444 g/mol. The van der Waals surface area contributed by atoms with Crippen LogP contribution in [0, 0.1) is 5.82 Å². The molecular formula is C24H33FN4OS. The number of nitrogens with one attached hydrogen (secondary N) is 2. The Kier molecular flexibility index (Phi) is 9.18. The van der Waals surface area contributed by atoms with E-state index in [1.807, 2.05) is 13.2 Å². The second-order valence-corrected chi connectivity index (χ2v) is 8.70. The number of nitrogens with zero attached hydrogens (tertiary/aromatic N) is 2. The van der Waals surface area contributed by atoms with Crippen molar-refractivity contribution in [3.05, 3.63) is 70.5 Å². The zero-order valence-corrected chi connectivity index (χ0v) is 19.2. The summed E-state index contributed by atoms with van der Waals surface area (Å²) in [5.74, 6) is 1.19. The maximum atomic E-state index is 13.6. The summed E-state index contributed by atoms with van der Waals surface area (Å²) in [4.78, 5) is 6.94. The molecular weight excluding hydrogens is 411 g/mol. The molecule has 0 spiro atoms. The highest BCUT2D eigenvalue weighted by molar-refractivity contribution is 7.97. The largest absolute Gasteiger partial charge is 0.390 e. The molecule has 168 valence electrons. The van der Waals surface area contributed by atoms with Crippen LogP contribution in [0.3, 0.4) is 0 Å². The van der Waals surface area contributed by atoms with Crippen LogP contribution < -0.4 is 10.6 Å². The summed E-state index contributed by atoms with van der Waals surface area (Å²) in [5.41, 5.74) is 4.75. The number of aliphatic imine (C=N–C) groups is 1. The number of hydrogen-bond acceptors (Lipinski definition) is 4. The summed E-state index contributed by atoms with van der Waals surface area (Å²) >= 11 is 1.66. The highest BCUT2D eigenvalue weighted by Gasteiger charge is 2.18. The van der Waals surface area contributed by atoms with Crippen LogP contribution in [0.15, 0.2) is 47.5 Å². The van der Waals surface area contributed by atoms with Crippen LogP contribution in [0.5, 0.6) is 0 Å². The number of rotatable bonds is 9. The Balaban J connectivity index is 1.53. The summed E-state index contributed by atoms with van der Waals surface area (Å²) < 4.78 is 13.6. The molecule has 7 heteroatoms. The van der Waals surface area contributed by atoms with Gasteiger partial charge in [-0.1, -0.05) is 30.3 Å². The Morgan fingerprint density at radius 1 is 1.19 bits per heavy atom. The predicted molar refractivity (Wildman–Crippen MR) is 128 cm³/mol. The van der Waals surface area contributed by atoms with Gasteiger partial charge in [0.25, 0.3) is 0 Å². The molecule has 0 amide bonds. The smallest absolute Gasteiger partial charge is 0.191 e. The van der Waals surface area contributed by atoms with Gasteiger partial charge in [-0.05, 0) is 54.0 Å². The molecule has 1 heterocycles. The lowest BCUT2D eigenvalue weighted by atomic mass is 10.00. The third-order valence-corrected chi connectivity index (χ3v) is 6.00. The molecule has 0 bridgehead atoms. The fraction of sp³-hybridized carbons (Fsp3) is 0.458. The molecule has 1 unspecified atom stereocenters. The highest BCUT2D eigenvalue weighted by Crippen LogP contribution is 2.19. The number of fused-ring (bicyclic) bond motifs is 1. The van der Waals surface area contributed by atoms with Gasteiger partial charge in [0.2, 0.25) is 0 Å². The van der Waals surface area contributed by atoms with Crippen molar-refractivity contribution in [1.82, 2.24) is 15.5 Å². The first-order valence-electron chi connectivity index (χ1n) is 10.8. The number of halogens is 1. The Hall–Kier alpha value is -2.09. The van der Waals surface area contributed by atoms with Gasteiger partial charge in [-0.15, -0.1) is 0 Å². The number of β-amino-alcohol motifs (C(OH)–C–C–N with tert-alkyl or cyclic N) is 1. The maximum absolute atomic E-state index is 13.6. The van der Waals surface area contributed by atoms with E-state index in [0.717, 1.165) is 42.9 Å². The third kappa shape index (κ3) is 7.23. The van der Waals surface area contributed by atoms with Crippen molar-refractivity contribution in [2.24, 2.45) is 4.99 Å². The molecule has 0 aromatic heterocycles. The number of benzene rings is 2. The molecule has 2 aromatic carbocycles. The van der Waals surface area contributed by atoms with E-state index in [1.54, 1.807) is 23.9 Å². The van der Waals surface area contributed by atoms with Crippen LogP contribution >= 0.6 is 11.8 Å². The molecule has 31 heavy (non-hydrogen) atoms. The zero-order chi connectivity index (χ0) is 22.1. The number of thioether (sulfide) groups is 1. The van der Waals surface area contributed by atoms with Gasteiger partial charge in [0.1, 0.15) is 5.82 Å². The minimum absolute atomic E-state index is 0.217. The molecule has 1 aliphatic heterocycles. The van der Waals surface area contributed by atoms with Gasteiger partial charge in [-0.3, -0.25) is 4.90 Å². The molecule has 0 saturated heterocycles. The van der Waals surface area contributed by atoms with Crippen molar-refractivity contribution in [3.63, 3.8) is 0 Å². The van der Waals surface area contributed by atoms with Crippen LogP contribution in [-0.2, 0) is 25.3 Å². The van der Waals surface area contributed by atoms with Gasteiger partial charge in [-0.2, -0.15) is 11.8 Å². The Morgan fingerprint density at radius 3 is 2.77 bits per heavy atom. The van der Waals surface area contributed by atoms with Crippen molar-refractivity contribution in [2.45, 2.75) is 38.3 Å². The Labute approximate surface area is 189 Å². The zero-order valence-electron chi connectivity index (χ0n) is 18.4. The standard InChI is InChI=1S/C24H33FN4OS/c1-3-26-24(27-13-19-8-9-22(25)12-21(19)17-31-2)28-14-23(30)16-29-11-10-18-6-4-5-7-20(18)15-29/h4-9,12,23,30H,3,10-11,13-17H2,1-2H3,(H2,26,27,28). The van der Waals surface area contributed by atoms with Crippen molar-refractivity contribution in [2.75, 3.05) is 32.4 Å². The van der Waals surface area contributed by atoms with E-state index in [4.69, 9.17) is 0 Å². The topological polar surface area (TPSA) is 59.9 Å². The van der Waals surface area contributed by atoms with E-state index >= 15 is 0 Å². The minimum Gasteiger partial charge on any atom is -0.390 e. The van der Waals surface area contributed by atoms with Gasteiger partial charge in [0, 0.05) is 38.5 Å². The van der Waals surface area contributed by atoms with E-state index in [2.05, 4.69) is 44.8 Å². The molecule has 5 nitrogen and oxygen atoms in total. The van der Waals surface area contributed by atoms with Crippen LogP contribution in [-0.4, -0.2) is 54.5 Å². The summed E-state index contributed by atoms with van der Waals surface area (Å²) in [6.45, 7) is 6.09. The first-order chi connectivity index (χ1) is 15.1. The van der Waals surface area contributed by atoms with Gasteiger partial charge in [0.05, 0.1) is 12.6 Å². The van der Waals surface area contributed by atoms with Crippen molar-refractivity contribution in [3.8, 4) is 0 Å². The molecule has 0 fully saturated rings. The number of hydrogen-bond donors (Lipinski definition) is 3. The molecule has 1 aliphatic rings. The third-order valence-electron chi connectivity index (χ3n) is 5.40. The SMILES string of the molecule is CCNC(=NCc1ccc(F)cc1CSC)NCC(O)CN1CCc2ccccc2C1. The van der Waals surface area contributed by atoms with E-state index < -0.39 is 6.10 Å². The van der Waals surface area contributed by atoms with Crippen LogP contribution in [0.2, 0.25) is 0 Å². The fourth-order valence-corrected chi connectivity index (χ4v) is 4.41. The molecule has 0 aliphatic carbocycles. The first kappa shape index (κ1) is 23.6. The van der Waals surface area contributed by atoms with Gasteiger partial charge in [0.15, 0.2) is 5.96 Å². The average molecular weight is 445 g/mol. The second kappa shape index (κ2) is 12.1. The van der Waals surface area contributed by atoms with Crippen molar-refractivity contribution in [1.29, 1.82) is 0 Å². The molecule has 3 rings (SSSR count). The highest BCUT2D eigenvalue weighted by atomic mass is 32.2. The van der Waals surface area contributed by atoms with Crippen LogP contribution in [0.25, 0.3) is 0 Å². The van der Waals surface area contributed by atoms with Gasteiger partial charge >= 0.3 is 0 Å². The van der Waals surface area contributed by atoms with E-state index in [9.17, 15) is 9.50 Å². The van der Waals surface area contributed by atoms with E-state index in [-0.39, 0.29) is 5.82 Å². The first-order valence-corrected chi connectivity index (χ1v) is 12.2. The molecule has 1 atom stereocenters. The molecule has 3 N–H and O–H groups in total. The lowest BCUT2D eigenvalue weighted by molar-refractivity contribution is 0.108. The summed E-state index contributed by atoms with van der Waals surface area (Å²) in [6.07, 6.45) is 2.54. The molecule has 0 radical (unpaired) electrons. The quantitative estimate of drug-likeness (QED) is 0.410. The number of aliphatic hydroxyl groups is 1. The van der Waals surface area contributed by atoms with Gasteiger partial charge < -0.3 is 15.7 Å². The summed E-state index contributed by atoms with van der Waals surface area (Å²) in [7, 11) is 0. The molecule has 0 saturated carbocycles. The number of guanidine groups is 1. The lowest BCUT2D eigenvalue weighted by Gasteiger charge is -2.30. The number of aliphatic hydroxyl groups excluding tert-OH is 1. The van der Waals surface area contributed by atoms with Crippen molar-refractivity contribution < 1.29 is 9.50 Å². The average Bonchev–Trinajstić information content (AvgIpc) is 2.77. The maximum Gasteiger partial charge on any atom is 0.191 e. The fourth-order valence-electron chi connectivity index (χ4n) is 3.83. The predicted octanol–water partition coefficient (Wildman–Crippen LogP) is 3.16. The summed E-state index contributed by atoms with van der Waals surface area (Å²) in [5, 5.41) is 17.0. The van der Waals surface area contributed by atoms with E-state index in [0.29, 0.717) is 25.6 Å². The summed E-state index contributed by atoms with van der Waals surface area (Å²) in [6, 6.07) is 13.4. The second-order valence-electron chi connectivity index (χ2n) is 7.83.